The summed E-state index contributed by atoms with van der Waals surface area (Å²) in [7, 11) is 0. The van der Waals surface area contributed by atoms with Crippen LogP contribution in [-0.2, 0) is 0 Å². The Hall–Kier alpha value is -1.52. The van der Waals surface area contributed by atoms with Crippen LogP contribution in [0.25, 0.3) is 0 Å². The number of nitrogens with zero attached hydrogens (tertiary/aromatic N) is 2. The number of carbonyl (C=O) groups is 1. The third-order valence-corrected chi connectivity index (χ3v) is 3.43. The van der Waals surface area contributed by atoms with Crippen molar-refractivity contribution in [2.75, 3.05) is 18.4 Å². The van der Waals surface area contributed by atoms with Gasteiger partial charge in [0.05, 0.1) is 17.1 Å². The maximum atomic E-state index is 12.0. The van der Waals surface area contributed by atoms with Crippen LogP contribution < -0.4 is 5.32 Å². The van der Waals surface area contributed by atoms with Crippen LogP contribution in [0.1, 0.15) is 31.2 Å². The second-order valence-corrected chi connectivity index (χ2v) is 4.91. The van der Waals surface area contributed by atoms with Crippen LogP contribution in [0.4, 0.5) is 10.5 Å². The number of piperidine rings is 1. The Balaban J connectivity index is 1.98. The summed E-state index contributed by atoms with van der Waals surface area (Å²) in [6.45, 7) is 7.73. The number of anilines is 1. The van der Waals surface area contributed by atoms with E-state index in [4.69, 9.17) is 0 Å². The lowest BCUT2D eigenvalue weighted by atomic mass is 10.00. The molecule has 0 radical (unpaired) electrons. The van der Waals surface area contributed by atoms with Gasteiger partial charge in [0.2, 0.25) is 0 Å². The minimum atomic E-state index is -0.00972. The van der Waals surface area contributed by atoms with Gasteiger partial charge in [-0.2, -0.15) is 5.10 Å². The van der Waals surface area contributed by atoms with Crippen LogP contribution >= 0.6 is 0 Å². The SMILES string of the molecule is Cc1n[nH]c(C)c1NC(=O)N1CCC(C)CC1. The zero-order valence-corrected chi connectivity index (χ0v) is 10.7. The zero-order chi connectivity index (χ0) is 12.4. The summed E-state index contributed by atoms with van der Waals surface area (Å²) in [6, 6.07) is -0.00972. The maximum Gasteiger partial charge on any atom is 0.321 e. The first kappa shape index (κ1) is 12.0. The van der Waals surface area contributed by atoms with E-state index < -0.39 is 0 Å². The number of nitrogens with one attached hydrogen (secondary N) is 2. The molecule has 0 bridgehead atoms. The van der Waals surface area contributed by atoms with Crippen molar-refractivity contribution in [1.82, 2.24) is 15.1 Å². The van der Waals surface area contributed by atoms with Gasteiger partial charge in [-0.1, -0.05) is 6.92 Å². The van der Waals surface area contributed by atoms with E-state index in [9.17, 15) is 4.79 Å². The van der Waals surface area contributed by atoms with Crippen molar-refractivity contribution in [3.05, 3.63) is 11.4 Å². The Morgan fingerprint density at radius 1 is 1.41 bits per heavy atom. The molecule has 2 N–H and O–H groups in total. The number of carbonyl (C=O) groups excluding carboxylic acids is 1. The summed E-state index contributed by atoms with van der Waals surface area (Å²) >= 11 is 0. The van der Waals surface area contributed by atoms with Gasteiger partial charge in [0, 0.05) is 13.1 Å². The number of hydrogen-bond donors (Lipinski definition) is 2. The smallest absolute Gasteiger partial charge is 0.321 e. The summed E-state index contributed by atoms with van der Waals surface area (Å²) in [4.78, 5) is 13.9. The molecular weight excluding hydrogens is 216 g/mol. The fraction of sp³-hybridized carbons (Fsp3) is 0.667. The highest BCUT2D eigenvalue weighted by Gasteiger charge is 2.21. The highest BCUT2D eigenvalue weighted by Crippen LogP contribution is 2.19. The van der Waals surface area contributed by atoms with Crippen LogP contribution in [0.3, 0.4) is 0 Å². The third-order valence-electron chi connectivity index (χ3n) is 3.43. The van der Waals surface area contributed by atoms with Crippen LogP contribution in [0, 0.1) is 19.8 Å². The van der Waals surface area contributed by atoms with Crippen molar-refractivity contribution >= 4 is 11.7 Å². The topological polar surface area (TPSA) is 61.0 Å². The summed E-state index contributed by atoms with van der Waals surface area (Å²) in [5.74, 6) is 0.733. The third kappa shape index (κ3) is 2.60. The van der Waals surface area contributed by atoms with E-state index in [1.54, 1.807) is 0 Å². The van der Waals surface area contributed by atoms with E-state index in [1.165, 1.54) is 0 Å². The van der Waals surface area contributed by atoms with Gasteiger partial charge in [-0.05, 0) is 32.6 Å². The predicted octanol–water partition coefficient (Wildman–Crippen LogP) is 2.29. The van der Waals surface area contributed by atoms with Gasteiger partial charge >= 0.3 is 6.03 Å². The molecule has 1 aliphatic rings. The van der Waals surface area contributed by atoms with E-state index in [2.05, 4.69) is 22.4 Å². The molecule has 5 heteroatoms. The molecule has 0 saturated carbocycles. The molecule has 2 amide bonds. The van der Waals surface area contributed by atoms with Crippen LogP contribution in [0.5, 0.6) is 0 Å². The summed E-state index contributed by atoms with van der Waals surface area (Å²) in [6.07, 6.45) is 2.19. The van der Waals surface area contributed by atoms with Gasteiger partial charge in [0.1, 0.15) is 0 Å². The molecule has 2 rings (SSSR count). The van der Waals surface area contributed by atoms with Crippen molar-refractivity contribution in [2.24, 2.45) is 5.92 Å². The fourth-order valence-corrected chi connectivity index (χ4v) is 2.13. The fourth-order valence-electron chi connectivity index (χ4n) is 2.13. The molecule has 0 unspecified atom stereocenters. The van der Waals surface area contributed by atoms with Gasteiger partial charge in [-0.15, -0.1) is 0 Å². The van der Waals surface area contributed by atoms with E-state index in [0.717, 1.165) is 48.9 Å². The number of H-pyrrole nitrogens is 1. The second kappa shape index (κ2) is 4.77. The molecule has 0 aromatic carbocycles. The van der Waals surface area contributed by atoms with Gasteiger partial charge in [-0.3, -0.25) is 5.10 Å². The van der Waals surface area contributed by atoms with Gasteiger partial charge < -0.3 is 10.2 Å². The molecule has 17 heavy (non-hydrogen) atoms. The molecule has 2 heterocycles. The number of aromatic nitrogens is 2. The average Bonchev–Trinajstić information content (AvgIpc) is 2.61. The first-order valence-corrected chi connectivity index (χ1v) is 6.15. The molecular formula is C12H20N4O. The van der Waals surface area contributed by atoms with E-state index in [0.29, 0.717) is 0 Å². The van der Waals surface area contributed by atoms with Gasteiger partial charge in [-0.25, -0.2) is 4.79 Å². The first-order valence-electron chi connectivity index (χ1n) is 6.15. The monoisotopic (exact) mass is 236 g/mol. The zero-order valence-electron chi connectivity index (χ0n) is 10.7. The number of urea groups is 1. The molecule has 1 aromatic heterocycles. The lowest BCUT2D eigenvalue weighted by molar-refractivity contribution is 0.186. The van der Waals surface area contributed by atoms with Crippen molar-refractivity contribution in [1.29, 1.82) is 0 Å². The van der Waals surface area contributed by atoms with Crippen molar-refractivity contribution in [2.45, 2.75) is 33.6 Å². The molecule has 0 aliphatic carbocycles. The number of aromatic amines is 1. The molecule has 1 aliphatic heterocycles. The number of amides is 2. The Morgan fingerprint density at radius 3 is 2.59 bits per heavy atom. The molecule has 0 spiro atoms. The predicted molar refractivity (Wildman–Crippen MR) is 67.1 cm³/mol. The van der Waals surface area contributed by atoms with Crippen molar-refractivity contribution in [3.8, 4) is 0 Å². The Kier molecular flexibility index (Phi) is 3.36. The Bertz CT molecular complexity index is 385. The normalized spacial score (nSPS) is 17.2. The molecule has 94 valence electrons. The molecule has 0 atom stereocenters. The Labute approximate surface area is 102 Å². The second-order valence-electron chi connectivity index (χ2n) is 4.91. The van der Waals surface area contributed by atoms with Gasteiger partial charge in [0.25, 0.3) is 0 Å². The number of rotatable bonds is 1. The summed E-state index contributed by atoms with van der Waals surface area (Å²) in [5.41, 5.74) is 2.55. The van der Waals surface area contributed by atoms with E-state index in [1.807, 2.05) is 18.7 Å². The van der Waals surface area contributed by atoms with Crippen molar-refractivity contribution < 1.29 is 4.79 Å². The lowest BCUT2D eigenvalue weighted by Gasteiger charge is -2.30. The highest BCUT2D eigenvalue weighted by molar-refractivity contribution is 5.90. The Morgan fingerprint density at radius 2 is 2.06 bits per heavy atom. The minimum Gasteiger partial charge on any atom is -0.325 e. The standard InChI is InChI=1S/C12H20N4O/c1-8-4-6-16(7-5-8)12(17)13-11-9(2)14-15-10(11)3/h8H,4-7H2,1-3H3,(H,13,17)(H,14,15). The largest absolute Gasteiger partial charge is 0.325 e. The summed E-state index contributed by atoms with van der Waals surface area (Å²) < 4.78 is 0. The molecule has 5 nitrogen and oxygen atoms in total. The summed E-state index contributed by atoms with van der Waals surface area (Å²) in [5, 5.41) is 9.87. The first-order chi connectivity index (χ1) is 8.08. The quantitative estimate of drug-likeness (QED) is 0.786. The van der Waals surface area contributed by atoms with Crippen LogP contribution in [0.2, 0.25) is 0 Å². The van der Waals surface area contributed by atoms with Crippen LogP contribution in [0.15, 0.2) is 0 Å². The highest BCUT2D eigenvalue weighted by atomic mass is 16.2. The molecule has 1 saturated heterocycles. The number of hydrogen-bond acceptors (Lipinski definition) is 2. The molecule has 1 aromatic rings. The average molecular weight is 236 g/mol. The van der Waals surface area contributed by atoms with Crippen LogP contribution in [-0.4, -0.2) is 34.2 Å². The number of likely N-dealkylation sites (tertiary alicyclic amines) is 1. The van der Waals surface area contributed by atoms with E-state index in [-0.39, 0.29) is 6.03 Å². The molecule has 1 fully saturated rings. The van der Waals surface area contributed by atoms with Gasteiger partial charge in [0.15, 0.2) is 0 Å². The van der Waals surface area contributed by atoms with E-state index >= 15 is 0 Å². The van der Waals surface area contributed by atoms with Crippen molar-refractivity contribution in [3.63, 3.8) is 0 Å². The number of aryl methyl sites for hydroxylation is 2. The minimum absolute atomic E-state index is 0.00972. The maximum absolute atomic E-state index is 12.0. The lowest BCUT2D eigenvalue weighted by Crippen LogP contribution is -2.40.